The second-order valence-electron chi connectivity index (χ2n) is 6.75. The molecule has 0 heterocycles. The van der Waals surface area contributed by atoms with Gasteiger partial charge in [-0.25, -0.2) is 0 Å². The summed E-state index contributed by atoms with van der Waals surface area (Å²) in [5.74, 6) is 1.80. The van der Waals surface area contributed by atoms with Crippen LogP contribution in [-0.4, -0.2) is 6.10 Å². The molecule has 2 aliphatic carbocycles. The molecule has 0 saturated heterocycles. The molecule has 2 fully saturated rings. The zero-order valence-electron chi connectivity index (χ0n) is 13.0. The summed E-state index contributed by atoms with van der Waals surface area (Å²) in [6, 6.07) is 0. The molecular weight excluding hydrogens is 232 g/mol. The van der Waals surface area contributed by atoms with E-state index < -0.39 is 0 Å². The van der Waals surface area contributed by atoms with Crippen LogP contribution >= 0.6 is 0 Å². The molecular formula is C18H32O. The zero-order valence-corrected chi connectivity index (χ0v) is 13.0. The first kappa shape index (κ1) is 14.9. The van der Waals surface area contributed by atoms with Gasteiger partial charge < -0.3 is 4.74 Å². The molecule has 0 radical (unpaired) electrons. The van der Waals surface area contributed by atoms with Crippen LogP contribution < -0.4 is 0 Å². The number of hydrogen-bond donors (Lipinski definition) is 0. The molecule has 2 aliphatic rings. The van der Waals surface area contributed by atoms with Crippen molar-refractivity contribution in [1.29, 1.82) is 0 Å². The maximum absolute atomic E-state index is 6.05. The van der Waals surface area contributed by atoms with E-state index in [4.69, 9.17) is 4.74 Å². The molecule has 1 atom stereocenters. The Kier molecular flexibility index (Phi) is 6.26. The summed E-state index contributed by atoms with van der Waals surface area (Å²) >= 11 is 0. The molecule has 2 saturated carbocycles. The molecule has 0 aliphatic heterocycles. The first-order valence-corrected chi connectivity index (χ1v) is 8.63. The minimum atomic E-state index is 0.428. The Morgan fingerprint density at radius 2 is 1.79 bits per heavy atom. The maximum atomic E-state index is 6.05. The van der Waals surface area contributed by atoms with Gasteiger partial charge in [0.15, 0.2) is 0 Å². The number of allylic oxidation sites excluding steroid dienone is 1. The van der Waals surface area contributed by atoms with Crippen molar-refractivity contribution >= 4 is 0 Å². The number of ether oxygens (including phenoxy) is 1. The average Bonchev–Trinajstić information content (AvgIpc) is 2.47. The molecule has 1 unspecified atom stereocenters. The normalized spacial score (nSPS) is 29.9. The highest BCUT2D eigenvalue weighted by Crippen LogP contribution is 2.34. The lowest BCUT2D eigenvalue weighted by atomic mass is 9.78. The van der Waals surface area contributed by atoms with E-state index in [1.165, 1.54) is 70.6 Å². The second-order valence-corrected chi connectivity index (χ2v) is 6.75. The van der Waals surface area contributed by atoms with Gasteiger partial charge in [-0.15, -0.1) is 0 Å². The Morgan fingerprint density at radius 1 is 1.11 bits per heavy atom. The lowest BCUT2D eigenvalue weighted by Crippen LogP contribution is -2.24. The Bertz CT molecular complexity index is 265. The van der Waals surface area contributed by atoms with E-state index in [-0.39, 0.29) is 0 Å². The highest BCUT2D eigenvalue weighted by molar-refractivity contribution is 5.00. The summed E-state index contributed by atoms with van der Waals surface area (Å²) in [5, 5.41) is 0. The van der Waals surface area contributed by atoms with Gasteiger partial charge in [0.2, 0.25) is 0 Å². The number of rotatable bonds is 5. The van der Waals surface area contributed by atoms with Gasteiger partial charge in [-0.05, 0) is 62.9 Å². The average molecular weight is 264 g/mol. The van der Waals surface area contributed by atoms with Gasteiger partial charge in [-0.2, -0.15) is 0 Å². The highest BCUT2D eigenvalue weighted by atomic mass is 16.5. The maximum Gasteiger partial charge on any atom is 0.0978 e. The fraction of sp³-hybridized carbons (Fsp3) is 0.889. The van der Waals surface area contributed by atoms with Gasteiger partial charge >= 0.3 is 0 Å². The zero-order chi connectivity index (χ0) is 13.5. The Morgan fingerprint density at radius 3 is 2.42 bits per heavy atom. The van der Waals surface area contributed by atoms with Crippen molar-refractivity contribution in [2.45, 2.75) is 90.6 Å². The Labute approximate surface area is 119 Å². The molecule has 0 aromatic heterocycles. The molecule has 1 nitrogen and oxygen atoms in total. The summed E-state index contributed by atoms with van der Waals surface area (Å²) in [7, 11) is 0. The van der Waals surface area contributed by atoms with Crippen molar-refractivity contribution < 1.29 is 4.74 Å². The quantitative estimate of drug-likeness (QED) is 0.566. The van der Waals surface area contributed by atoms with E-state index in [1.54, 1.807) is 5.57 Å². The van der Waals surface area contributed by atoms with Crippen LogP contribution in [0.3, 0.4) is 0 Å². The summed E-state index contributed by atoms with van der Waals surface area (Å²) in [6.45, 7) is 4.60. The minimum absolute atomic E-state index is 0.428. The van der Waals surface area contributed by atoms with Crippen LogP contribution in [-0.2, 0) is 4.74 Å². The van der Waals surface area contributed by atoms with Gasteiger partial charge in [0, 0.05) is 0 Å². The largest absolute Gasteiger partial charge is 0.498 e. The number of hydrogen-bond acceptors (Lipinski definition) is 1. The monoisotopic (exact) mass is 264 g/mol. The highest BCUT2D eigenvalue weighted by Gasteiger charge is 2.25. The molecule has 0 spiro atoms. The standard InChI is InChI=1S/C18H32O/c1-3-7-16-10-12-18(13-11-16)15(2)19-14-17-8-5-4-6-9-17/h14-16,18H,3-13H2,1-2H3. The summed E-state index contributed by atoms with van der Waals surface area (Å²) in [6.07, 6.45) is 17.7. The lowest BCUT2D eigenvalue weighted by Gasteiger charge is -2.32. The van der Waals surface area contributed by atoms with Crippen LogP contribution in [0, 0.1) is 11.8 Å². The molecule has 19 heavy (non-hydrogen) atoms. The van der Waals surface area contributed by atoms with Crippen LogP contribution in [0.1, 0.15) is 84.5 Å². The third kappa shape index (κ3) is 4.85. The molecule has 0 aromatic carbocycles. The van der Waals surface area contributed by atoms with Crippen LogP contribution in [0.5, 0.6) is 0 Å². The van der Waals surface area contributed by atoms with Gasteiger partial charge in [0.25, 0.3) is 0 Å². The van der Waals surface area contributed by atoms with E-state index in [1.807, 2.05) is 0 Å². The van der Waals surface area contributed by atoms with E-state index in [0.29, 0.717) is 6.10 Å². The molecule has 0 aromatic rings. The van der Waals surface area contributed by atoms with Gasteiger partial charge in [-0.1, -0.05) is 39.0 Å². The van der Waals surface area contributed by atoms with Crippen LogP contribution in [0.4, 0.5) is 0 Å². The van der Waals surface area contributed by atoms with E-state index >= 15 is 0 Å². The molecule has 0 bridgehead atoms. The van der Waals surface area contributed by atoms with E-state index in [2.05, 4.69) is 20.1 Å². The van der Waals surface area contributed by atoms with Crippen LogP contribution in [0.25, 0.3) is 0 Å². The van der Waals surface area contributed by atoms with Gasteiger partial charge in [0.05, 0.1) is 12.4 Å². The van der Waals surface area contributed by atoms with Crippen molar-refractivity contribution in [1.82, 2.24) is 0 Å². The Balaban J connectivity index is 1.70. The van der Waals surface area contributed by atoms with Crippen molar-refractivity contribution in [3.63, 3.8) is 0 Å². The predicted molar refractivity (Wildman–Crippen MR) is 82.1 cm³/mol. The summed E-state index contributed by atoms with van der Waals surface area (Å²) in [5.41, 5.74) is 1.55. The van der Waals surface area contributed by atoms with Gasteiger partial charge in [0.1, 0.15) is 0 Å². The first-order valence-electron chi connectivity index (χ1n) is 8.63. The van der Waals surface area contributed by atoms with Crippen LogP contribution in [0.2, 0.25) is 0 Å². The van der Waals surface area contributed by atoms with Crippen molar-refractivity contribution in [3.8, 4) is 0 Å². The van der Waals surface area contributed by atoms with Crippen molar-refractivity contribution in [3.05, 3.63) is 11.8 Å². The summed E-state index contributed by atoms with van der Waals surface area (Å²) in [4.78, 5) is 0. The molecule has 0 N–H and O–H groups in total. The van der Waals surface area contributed by atoms with Crippen molar-refractivity contribution in [2.24, 2.45) is 11.8 Å². The third-order valence-corrected chi connectivity index (χ3v) is 5.20. The SMILES string of the molecule is CCCC1CCC(C(C)OC=C2CCCCC2)CC1. The van der Waals surface area contributed by atoms with Crippen molar-refractivity contribution in [2.75, 3.05) is 0 Å². The molecule has 2 rings (SSSR count). The predicted octanol–water partition coefficient (Wildman–Crippen LogP) is 5.85. The van der Waals surface area contributed by atoms with Gasteiger partial charge in [-0.3, -0.25) is 0 Å². The Hall–Kier alpha value is -0.460. The molecule has 0 amide bonds. The molecule has 1 heteroatoms. The molecule has 110 valence electrons. The fourth-order valence-corrected chi connectivity index (χ4v) is 3.79. The first-order chi connectivity index (χ1) is 9.29. The lowest BCUT2D eigenvalue weighted by molar-refractivity contribution is 0.0682. The topological polar surface area (TPSA) is 9.23 Å². The van der Waals surface area contributed by atoms with E-state index in [0.717, 1.165) is 11.8 Å². The van der Waals surface area contributed by atoms with E-state index in [9.17, 15) is 0 Å². The minimum Gasteiger partial charge on any atom is -0.498 e. The smallest absolute Gasteiger partial charge is 0.0978 e. The van der Waals surface area contributed by atoms with Crippen LogP contribution in [0.15, 0.2) is 11.8 Å². The third-order valence-electron chi connectivity index (χ3n) is 5.20. The fourth-order valence-electron chi connectivity index (χ4n) is 3.79. The summed E-state index contributed by atoms with van der Waals surface area (Å²) < 4.78 is 6.05. The second kappa shape index (κ2) is 7.97.